The molecule has 0 aliphatic heterocycles. The van der Waals surface area contributed by atoms with Crippen LogP contribution in [-0.2, 0) is 4.79 Å². The summed E-state index contributed by atoms with van der Waals surface area (Å²) in [4.78, 5) is 22.7. The Morgan fingerprint density at radius 2 is 1.86 bits per heavy atom. The minimum Gasteiger partial charge on any atom is -0.496 e. The van der Waals surface area contributed by atoms with Crippen LogP contribution >= 0.6 is 0 Å². The third kappa shape index (κ3) is 3.88. The Labute approximate surface area is 129 Å². The van der Waals surface area contributed by atoms with E-state index in [1.165, 1.54) is 0 Å². The van der Waals surface area contributed by atoms with Crippen molar-refractivity contribution in [3.63, 3.8) is 0 Å². The zero-order valence-corrected chi connectivity index (χ0v) is 13.4. The molecule has 0 radical (unpaired) electrons. The molecule has 22 heavy (non-hydrogen) atoms. The summed E-state index contributed by atoms with van der Waals surface area (Å²) in [6, 6.07) is 1.23. The number of carbonyl (C=O) groups is 2. The lowest BCUT2D eigenvalue weighted by Crippen LogP contribution is -2.47. The first-order valence-corrected chi connectivity index (χ1v) is 6.75. The number of benzene rings is 1. The fraction of sp³-hybridized carbons (Fsp3) is 0.467. The summed E-state index contributed by atoms with van der Waals surface area (Å²) in [7, 11) is 1.58. The average molecular weight is 310 g/mol. The Morgan fingerprint density at radius 1 is 1.27 bits per heavy atom. The normalized spacial score (nSPS) is 13.2. The van der Waals surface area contributed by atoms with Gasteiger partial charge in [0.05, 0.1) is 13.7 Å². The van der Waals surface area contributed by atoms with E-state index in [0.29, 0.717) is 5.69 Å². The van der Waals surface area contributed by atoms with Gasteiger partial charge in [0.15, 0.2) is 5.60 Å². The second-order valence-corrected chi connectivity index (χ2v) is 5.41. The number of aliphatic hydroxyl groups is 1. The minimum absolute atomic E-state index is 0.401. The molecule has 2 amide bonds. The lowest BCUT2D eigenvalue weighted by molar-refractivity contribution is -0.155. The predicted molar refractivity (Wildman–Crippen MR) is 82.5 cm³/mol. The molecule has 0 saturated carbocycles. The second kappa shape index (κ2) is 6.65. The van der Waals surface area contributed by atoms with Crippen LogP contribution < -0.4 is 15.4 Å². The van der Waals surface area contributed by atoms with Gasteiger partial charge in [-0.1, -0.05) is 0 Å². The summed E-state index contributed by atoms with van der Waals surface area (Å²) in [6.45, 7) is 6.28. The van der Waals surface area contributed by atoms with Crippen LogP contribution in [0.25, 0.3) is 0 Å². The largest absolute Gasteiger partial charge is 0.496 e. The fourth-order valence-corrected chi connectivity index (χ4v) is 1.94. The molecule has 0 spiro atoms. The highest BCUT2D eigenvalue weighted by atomic mass is 16.5. The second-order valence-electron chi connectivity index (χ2n) is 5.41. The molecule has 1 aromatic rings. The molecule has 0 aliphatic rings. The third-order valence-corrected chi connectivity index (χ3v) is 3.56. The highest BCUT2D eigenvalue weighted by molar-refractivity contribution is 5.92. The summed E-state index contributed by atoms with van der Waals surface area (Å²) in [5.41, 5.74) is 1.20. The molecule has 0 bridgehead atoms. The van der Waals surface area contributed by atoms with Crippen molar-refractivity contribution in [2.24, 2.45) is 0 Å². The van der Waals surface area contributed by atoms with Gasteiger partial charge >= 0.3 is 12.0 Å². The van der Waals surface area contributed by atoms with Crippen LogP contribution in [-0.4, -0.2) is 41.5 Å². The summed E-state index contributed by atoms with van der Waals surface area (Å²) in [5, 5.41) is 23.4. The number of anilines is 1. The number of carboxylic acid groups (broad SMARTS) is 1. The zero-order valence-electron chi connectivity index (χ0n) is 13.4. The van der Waals surface area contributed by atoms with E-state index in [1.54, 1.807) is 7.11 Å². The summed E-state index contributed by atoms with van der Waals surface area (Å²) in [5.74, 6) is -0.671. The average Bonchev–Trinajstić information content (AvgIpc) is 2.45. The number of rotatable bonds is 5. The molecular weight excluding hydrogens is 288 g/mol. The first kappa shape index (κ1) is 17.8. The van der Waals surface area contributed by atoms with E-state index in [1.807, 2.05) is 26.8 Å². The van der Waals surface area contributed by atoms with Crippen LogP contribution in [0.5, 0.6) is 5.75 Å². The van der Waals surface area contributed by atoms with E-state index in [4.69, 9.17) is 9.84 Å². The van der Waals surface area contributed by atoms with Crippen LogP contribution in [0.2, 0.25) is 0 Å². The minimum atomic E-state index is -2.02. The van der Waals surface area contributed by atoms with Crippen LogP contribution in [0, 0.1) is 20.8 Å². The molecular formula is C15H22N2O5. The van der Waals surface area contributed by atoms with Gasteiger partial charge in [0.2, 0.25) is 0 Å². The first-order valence-electron chi connectivity index (χ1n) is 6.75. The molecule has 1 rings (SSSR count). The monoisotopic (exact) mass is 310 g/mol. The number of hydrogen-bond acceptors (Lipinski definition) is 4. The summed E-state index contributed by atoms with van der Waals surface area (Å²) < 4.78 is 5.26. The maximum absolute atomic E-state index is 11.9. The summed E-state index contributed by atoms with van der Waals surface area (Å²) in [6.07, 6.45) is 0. The highest BCUT2D eigenvalue weighted by Gasteiger charge is 2.30. The number of hydrogen-bond donors (Lipinski definition) is 4. The van der Waals surface area contributed by atoms with Gasteiger partial charge in [-0.25, -0.2) is 9.59 Å². The van der Waals surface area contributed by atoms with Gasteiger partial charge in [0.1, 0.15) is 5.75 Å². The van der Waals surface area contributed by atoms with Crippen molar-refractivity contribution in [1.82, 2.24) is 5.32 Å². The maximum atomic E-state index is 11.9. The Hall–Kier alpha value is -2.28. The number of aryl methyl sites for hydroxylation is 1. The highest BCUT2D eigenvalue weighted by Crippen LogP contribution is 2.31. The summed E-state index contributed by atoms with van der Waals surface area (Å²) >= 11 is 0. The number of urea groups is 1. The fourth-order valence-electron chi connectivity index (χ4n) is 1.94. The third-order valence-electron chi connectivity index (χ3n) is 3.56. The van der Waals surface area contributed by atoms with Crippen LogP contribution in [0.1, 0.15) is 23.6 Å². The van der Waals surface area contributed by atoms with Crippen molar-refractivity contribution >= 4 is 17.7 Å². The van der Waals surface area contributed by atoms with Gasteiger partial charge in [-0.05, 0) is 50.5 Å². The van der Waals surface area contributed by atoms with Gasteiger partial charge in [-0.15, -0.1) is 0 Å². The molecule has 122 valence electrons. The molecule has 0 aliphatic carbocycles. The maximum Gasteiger partial charge on any atom is 0.337 e. The SMILES string of the molecule is COc1cc(C)c(NC(=O)NCC(C)(O)C(=O)O)c(C)c1C. The number of carboxylic acids is 1. The van der Waals surface area contributed by atoms with E-state index < -0.39 is 24.1 Å². The van der Waals surface area contributed by atoms with Crippen molar-refractivity contribution in [3.8, 4) is 5.75 Å². The number of aliphatic carboxylic acids is 1. The number of amides is 2. The number of methoxy groups -OCH3 is 1. The zero-order chi connectivity index (χ0) is 17.1. The Kier molecular flexibility index (Phi) is 5.38. The van der Waals surface area contributed by atoms with Gasteiger partial charge in [0.25, 0.3) is 0 Å². The van der Waals surface area contributed by atoms with Gasteiger partial charge < -0.3 is 25.6 Å². The molecule has 4 N–H and O–H groups in total. The molecule has 1 unspecified atom stereocenters. The van der Waals surface area contributed by atoms with Gasteiger partial charge in [0, 0.05) is 5.69 Å². The van der Waals surface area contributed by atoms with E-state index in [0.717, 1.165) is 29.4 Å². The Bertz CT molecular complexity index is 596. The van der Waals surface area contributed by atoms with Gasteiger partial charge in [-0.2, -0.15) is 0 Å². The standard InChI is InChI=1S/C15H22N2O5/c1-8-6-11(22-5)9(2)10(3)12(8)17-14(20)16-7-15(4,21)13(18)19/h6,21H,7H2,1-5H3,(H,18,19)(H2,16,17,20). The smallest absolute Gasteiger partial charge is 0.337 e. The van der Waals surface area contributed by atoms with Crippen LogP contribution in [0.4, 0.5) is 10.5 Å². The molecule has 0 fully saturated rings. The van der Waals surface area contributed by atoms with E-state index in [-0.39, 0.29) is 0 Å². The molecule has 0 heterocycles. The number of nitrogens with one attached hydrogen (secondary N) is 2. The lowest BCUT2D eigenvalue weighted by atomic mass is 10.0. The van der Waals surface area contributed by atoms with Crippen molar-refractivity contribution in [1.29, 1.82) is 0 Å². The molecule has 7 heteroatoms. The van der Waals surface area contributed by atoms with Crippen LogP contribution in [0.3, 0.4) is 0 Å². The van der Waals surface area contributed by atoms with E-state index in [2.05, 4.69) is 10.6 Å². The van der Waals surface area contributed by atoms with Crippen molar-refractivity contribution in [2.45, 2.75) is 33.3 Å². The van der Waals surface area contributed by atoms with Crippen molar-refractivity contribution in [3.05, 3.63) is 22.8 Å². The molecule has 7 nitrogen and oxygen atoms in total. The van der Waals surface area contributed by atoms with Crippen LogP contribution in [0.15, 0.2) is 6.07 Å². The van der Waals surface area contributed by atoms with Crippen molar-refractivity contribution in [2.75, 3.05) is 19.0 Å². The molecule has 0 saturated heterocycles. The first-order chi connectivity index (χ1) is 10.1. The molecule has 1 atom stereocenters. The molecule has 0 aromatic heterocycles. The number of ether oxygens (including phenoxy) is 1. The van der Waals surface area contributed by atoms with E-state index in [9.17, 15) is 14.7 Å². The Morgan fingerprint density at radius 3 is 2.36 bits per heavy atom. The van der Waals surface area contributed by atoms with E-state index >= 15 is 0 Å². The Balaban J connectivity index is 2.86. The lowest BCUT2D eigenvalue weighted by Gasteiger charge is -2.20. The number of carbonyl (C=O) groups excluding carboxylic acids is 1. The van der Waals surface area contributed by atoms with Gasteiger partial charge in [-0.3, -0.25) is 0 Å². The quantitative estimate of drug-likeness (QED) is 0.660. The van der Waals surface area contributed by atoms with Crippen molar-refractivity contribution < 1.29 is 24.5 Å². The topological polar surface area (TPSA) is 108 Å². The predicted octanol–water partition coefficient (Wildman–Crippen LogP) is 1.58. The molecule has 1 aromatic carbocycles.